The summed E-state index contributed by atoms with van der Waals surface area (Å²) in [5.41, 5.74) is 6.07. The number of hydrogen-bond acceptors (Lipinski definition) is 4. The maximum absolute atomic E-state index is 12.5. The lowest BCUT2D eigenvalue weighted by atomic mass is 9.79. The third-order valence-corrected chi connectivity index (χ3v) is 4.94. The van der Waals surface area contributed by atoms with Gasteiger partial charge in [0.05, 0.1) is 11.5 Å². The first-order valence-electron chi connectivity index (χ1n) is 8.37. The molecule has 5 nitrogen and oxygen atoms in total. The Morgan fingerprint density at radius 1 is 1.20 bits per heavy atom. The summed E-state index contributed by atoms with van der Waals surface area (Å²) in [6.45, 7) is 1.59. The second kappa shape index (κ2) is 8.63. The molecule has 1 saturated heterocycles. The van der Waals surface area contributed by atoms with Crippen LogP contribution < -0.4 is 11.1 Å². The van der Waals surface area contributed by atoms with Crippen molar-refractivity contribution in [2.24, 2.45) is 11.1 Å². The number of ether oxygens (including phenoxy) is 1. The van der Waals surface area contributed by atoms with E-state index >= 15 is 0 Å². The smallest absolute Gasteiger partial charge is 0.227 e. The van der Waals surface area contributed by atoms with Crippen LogP contribution in [-0.4, -0.2) is 37.3 Å². The summed E-state index contributed by atoms with van der Waals surface area (Å²) in [5.74, 6) is -0.0897. The fraction of sp³-hybridized carbons (Fsp3) is 0.421. The van der Waals surface area contributed by atoms with Crippen molar-refractivity contribution in [1.29, 1.82) is 0 Å². The molecule has 25 heavy (non-hydrogen) atoms. The molecule has 2 aromatic rings. The van der Waals surface area contributed by atoms with E-state index in [0.29, 0.717) is 32.6 Å². The topological polar surface area (TPSA) is 84.6 Å². The largest absolute Gasteiger partial charge is 0.387 e. The summed E-state index contributed by atoms with van der Waals surface area (Å²) in [6, 6.07) is 13.8. The number of aliphatic hydroxyl groups excluding tert-OH is 1. The Hall–Kier alpha value is -1.66. The molecule has 1 unspecified atom stereocenters. The predicted molar refractivity (Wildman–Crippen MR) is 101 cm³/mol. The van der Waals surface area contributed by atoms with Crippen molar-refractivity contribution in [1.82, 2.24) is 5.32 Å². The molecular formula is C19H25ClN2O3. The average Bonchev–Trinajstić information content (AvgIpc) is 2.65. The Kier molecular flexibility index (Phi) is 6.79. The Labute approximate surface area is 154 Å². The van der Waals surface area contributed by atoms with Gasteiger partial charge in [0.2, 0.25) is 5.91 Å². The lowest BCUT2D eigenvalue weighted by Crippen LogP contribution is -2.49. The van der Waals surface area contributed by atoms with Gasteiger partial charge in [-0.05, 0) is 35.2 Å². The number of nitrogens with two attached hydrogens (primary N) is 1. The summed E-state index contributed by atoms with van der Waals surface area (Å²) in [6.07, 6.45) is 0.510. The van der Waals surface area contributed by atoms with Crippen LogP contribution in [0.2, 0.25) is 0 Å². The molecule has 0 aliphatic carbocycles. The van der Waals surface area contributed by atoms with E-state index in [-0.39, 0.29) is 24.9 Å². The number of halogens is 1. The molecule has 0 spiro atoms. The zero-order chi connectivity index (χ0) is 17.0. The minimum Gasteiger partial charge on any atom is -0.387 e. The highest BCUT2D eigenvalue weighted by Crippen LogP contribution is 2.29. The molecular weight excluding hydrogens is 340 g/mol. The highest BCUT2D eigenvalue weighted by Gasteiger charge is 2.38. The van der Waals surface area contributed by atoms with E-state index in [0.717, 1.165) is 16.3 Å². The number of carbonyl (C=O) groups is 1. The zero-order valence-electron chi connectivity index (χ0n) is 14.1. The molecule has 0 bridgehead atoms. The number of aliphatic hydroxyl groups is 1. The average molecular weight is 365 g/mol. The van der Waals surface area contributed by atoms with Gasteiger partial charge in [-0.3, -0.25) is 4.79 Å². The number of hydrogen-bond donors (Lipinski definition) is 3. The van der Waals surface area contributed by atoms with E-state index in [1.54, 1.807) is 0 Å². The van der Waals surface area contributed by atoms with E-state index in [1.807, 2.05) is 42.5 Å². The number of rotatable bonds is 5. The van der Waals surface area contributed by atoms with Gasteiger partial charge in [-0.25, -0.2) is 0 Å². The molecule has 0 radical (unpaired) electrons. The van der Waals surface area contributed by atoms with Crippen LogP contribution in [0.15, 0.2) is 42.5 Å². The maximum atomic E-state index is 12.5. The zero-order valence-corrected chi connectivity index (χ0v) is 14.9. The van der Waals surface area contributed by atoms with Crippen LogP contribution in [0.4, 0.5) is 0 Å². The lowest BCUT2D eigenvalue weighted by Gasteiger charge is -2.34. The van der Waals surface area contributed by atoms with Crippen LogP contribution >= 0.6 is 12.4 Å². The van der Waals surface area contributed by atoms with E-state index in [1.165, 1.54) is 0 Å². The standard InChI is InChI=1S/C19H24N2O3.ClH/c20-13-19(7-9-24-10-8-19)18(23)21-12-17(22)16-6-5-14-3-1-2-4-15(14)11-16;/h1-6,11,17,22H,7-10,12-13,20H2,(H,21,23);1H. The van der Waals surface area contributed by atoms with Gasteiger partial charge < -0.3 is 20.9 Å². The van der Waals surface area contributed by atoms with Crippen molar-refractivity contribution < 1.29 is 14.6 Å². The van der Waals surface area contributed by atoms with Crippen LogP contribution in [-0.2, 0) is 9.53 Å². The van der Waals surface area contributed by atoms with Crippen molar-refractivity contribution in [3.05, 3.63) is 48.0 Å². The van der Waals surface area contributed by atoms with Gasteiger partial charge in [-0.1, -0.05) is 36.4 Å². The third-order valence-electron chi connectivity index (χ3n) is 4.94. The SMILES string of the molecule is Cl.NCC1(C(=O)NCC(O)c2ccc3ccccc3c2)CCOCC1. The van der Waals surface area contributed by atoms with Crippen LogP contribution in [0.5, 0.6) is 0 Å². The number of carbonyl (C=O) groups excluding carboxylic acids is 1. The third kappa shape index (κ3) is 4.30. The first-order chi connectivity index (χ1) is 11.6. The summed E-state index contributed by atoms with van der Waals surface area (Å²) >= 11 is 0. The van der Waals surface area contributed by atoms with Crippen LogP contribution in [0.3, 0.4) is 0 Å². The summed E-state index contributed by atoms with van der Waals surface area (Å²) in [4.78, 5) is 12.5. The number of benzene rings is 2. The molecule has 6 heteroatoms. The van der Waals surface area contributed by atoms with Crippen LogP contribution in [0.25, 0.3) is 10.8 Å². The van der Waals surface area contributed by atoms with Crippen molar-refractivity contribution >= 4 is 29.1 Å². The molecule has 1 fully saturated rings. The molecule has 1 heterocycles. The van der Waals surface area contributed by atoms with Gasteiger partial charge in [0.15, 0.2) is 0 Å². The summed E-state index contributed by atoms with van der Waals surface area (Å²) < 4.78 is 5.33. The van der Waals surface area contributed by atoms with Gasteiger partial charge >= 0.3 is 0 Å². The fourth-order valence-electron chi connectivity index (χ4n) is 3.20. The molecule has 136 valence electrons. The highest BCUT2D eigenvalue weighted by molar-refractivity contribution is 5.85. The summed E-state index contributed by atoms with van der Waals surface area (Å²) in [5, 5.41) is 15.5. The van der Waals surface area contributed by atoms with Crippen molar-refractivity contribution in [2.45, 2.75) is 18.9 Å². The van der Waals surface area contributed by atoms with Crippen molar-refractivity contribution in [3.63, 3.8) is 0 Å². The van der Waals surface area contributed by atoms with E-state index in [2.05, 4.69) is 5.32 Å². The van der Waals surface area contributed by atoms with Gasteiger partial charge in [0, 0.05) is 26.3 Å². The second-order valence-electron chi connectivity index (χ2n) is 6.43. The van der Waals surface area contributed by atoms with Gasteiger partial charge in [0.1, 0.15) is 0 Å². The molecule has 1 amide bonds. The Morgan fingerprint density at radius 3 is 2.56 bits per heavy atom. The van der Waals surface area contributed by atoms with Gasteiger partial charge in [0.25, 0.3) is 0 Å². The number of amides is 1. The lowest BCUT2D eigenvalue weighted by molar-refractivity contribution is -0.136. The molecule has 2 aromatic carbocycles. The first-order valence-corrected chi connectivity index (χ1v) is 8.37. The van der Waals surface area contributed by atoms with E-state index in [4.69, 9.17) is 10.5 Å². The molecule has 0 aromatic heterocycles. The fourth-order valence-corrected chi connectivity index (χ4v) is 3.20. The molecule has 1 atom stereocenters. The Balaban J connectivity index is 0.00000225. The molecule has 0 saturated carbocycles. The van der Waals surface area contributed by atoms with Gasteiger partial charge in [-0.2, -0.15) is 0 Å². The highest BCUT2D eigenvalue weighted by atomic mass is 35.5. The second-order valence-corrected chi connectivity index (χ2v) is 6.43. The monoisotopic (exact) mass is 364 g/mol. The molecule has 1 aliphatic heterocycles. The van der Waals surface area contributed by atoms with Crippen LogP contribution in [0, 0.1) is 5.41 Å². The quantitative estimate of drug-likeness (QED) is 0.759. The Morgan fingerprint density at radius 2 is 1.88 bits per heavy atom. The van der Waals surface area contributed by atoms with E-state index in [9.17, 15) is 9.90 Å². The normalized spacial score (nSPS) is 17.5. The maximum Gasteiger partial charge on any atom is 0.227 e. The molecule has 1 aliphatic rings. The van der Waals surface area contributed by atoms with Crippen molar-refractivity contribution in [2.75, 3.05) is 26.3 Å². The van der Waals surface area contributed by atoms with Crippen molar-refractivity contribution in [3.8, 4) is 0 Å². The van der Waals surface area contributed by atoms with Gasteiger partial charge in [-0.15, -0.1) is 12.4 Å². The molecule has 3 rings (SSSR count). The first kappa shape index (κ1) is 19.7. The Bertz CT molecular complexity index is 717. The number of nitrogens with one attached hydrogen (secondary N) is 1. The minimum atomic E-state index is -0.742. The molecule has 4 N–H and O–H groups in total. The number of fused-ring (bicyclic) bond motifs is 1. The van der Waals surface area contributed by atoms with E-state index < -0.39 is 11.5 Å². The minimum absolute atomic E-state index is 0. The van der Waals surface area contributed by atoms with Crippen LogP contribution in [0.1, 0.15) is 24.5 Å². The predicted octanol–water partition coefficient (Wildman–Crippen LogP) is 2.17. The summed E-state index contributed by atoms with van der Waals surface area (Å²) in [7, 11) is 0.